The predicted molar refractivity (Wildman–Crippen MR) is 159 cm³/mol. The summed E-state index contributed by atoms with van der Waals surface area (Å²) in [6, 6.07) is 25.0. The van der Waals surface area contributed by atoms with Crippen LogP contribution in [0, 0.1) is 6.92 Å². The zero-order chi connectivity index (χ0) is 25.9. The van der Waals surface area contributed by atoms with Crippen LogP contribution in [0.1, 0.15) is 25.0 Å². The number of nitrogens with zero attached hydrogens (tertiary/aromatic N) is 4. The lowest BCUT2D eigenvalue weighted by atomic mass is 10.1. The molecule has 2 aliphatic rings. The van der Waals surface area contributed by atoms with Crippen LogP contribution in [0.3, 0.4) is 0 Å². The Morgan fingerprint density at radius 3 is 2.35 bits per heavy atom. The van der Waals surface area contributed by atoms with Crippen molar-refractivity contribution in [3.05, 3.63) is 93.9 Å². The molecule has 3 aromatic carbocycles. The number of benzene rings is 3. The minimum Gasteiger partial charge on any atom is -0.372 e. The van der Waals surface area contributed by atoms with Gasteiger partial charge in [-0.3, -0.25) is 9.69 Å². The number of hydrogen-bond acceptors (Lipinski definition) is 6. The molecule has 0 unspecified atom stereocenters. The number of carbonyl (C=O) groups is 1. The number of para-hydroxylation sites is 1. The van der Waals surface area contributed by atoms with E-state index in [4.69, 9.17) is 4.99 Å². The Hall–Kier alpha value is -3.16. The van der Waals surface area contributed by atoms with E-state index in [1.165, 1.54) is 27.9 Å². The lowest BCUT2D eigenvalue weighted by Crippen LogP contribution is -2.31. The van der Waals surface area contributed by atoms with Gasteiger partial charge in [-0.2, -0.15) is 0 Å². The summed E-state index contributed by atoms with van der Waals surface area (Å²) >= 11 is 3.15. The van der Waals surface area contributed by atoms with E-state index < -0.39 is 0 Å². The van der Waals surface area contributed by atoms with Gasteiger partial charge in [0, 0.05) is 37.3 Å². The van der Waals surface area contributed by atoms with Crippen LogP contribution < -0.4 is 9.80 Å². The third-order valence-electron chi connectivity index (χ3n) is 6.79. The van der Waals surface area contributed by atoms with E-state index in [1.54, 1.807) is 11.8 Å². The van der Waals surface area contributed by atoms with Crippen molar-refractivity contribution in [2.24, 2.45) is 4.99 Å². The van der Waals surface area contributed by atoms with Crippen molar-refractivity contribution < 1.29 is 4.79 Å². The van der Waals surface area contributed by atoms with E-state index in [0.717, 1.165) is 51.6 Å². The second-order valence-corrected chi connectivity index (χ2v) is 11.1. The van der Waals surface area contributed by atoms with Crippen molar-refractivity contribution in [3.63, 3.8) is 0 Å². The molecule has 0 spiro atoms. The SMILES string of the molecule is CCN(CC)c1ccc(N=C2SC(=C3Sc4ccccc4N3C)C(=O)N2CCc2ccccc2)c(C)c1. The van der Waals surface area contributed by atoms with Gasteiger partial charge in [-0.05, 0) is 80.4 Å². The van der Waals surface area contributed by atoms with Crippen LogP contribution >= 0.6 is 23.5 Å². The highest BCUT2D eigenvalue weighted by Crippen LogP contribution is 2.50. The molecule has 3 aromatic rings. The maximum Gasteiger partial charge on any atom is 0.269 e. The normalized spacial score (nSPS) is 18.2. The van der Waals surface area contributed by atoms with Crippen LogP contribution in [-0.4, -0.2) is 42.7 Å². The zero-order valence-corrected chi connectivity index (χ0v) is 23.4. The molecule has 0 saturated carbocycles. The predicted octanol–water partition coefficient (Wildman–Crippen LogP) is 7.06. The molecule has 5 nitrogen and oxygen atoms in total. The molecule has 190 valence electrons. The van der Waals surface area contributed by atoms with Gasteiger partial charge in [0.1, 0.15) is 4.91 Å². The van der Waals surface area contributed by atoms with E-state index in [2.05, 4.69) is 73.0 Å². The molecule has 2 heterocycles. The second-order valence-electron chi connectivity index (χ2n) is 9.09. The van der Waals surface area contributed by atoms with Crippen LogP contribution in [-0.2, 0) is 11.2 Å². The fourth-order valence-electron chi connectivity index (χ4n) is 4.66. The van der Waals surface area contributed by atoms with Gasteiger partial charge < -0.3 is 9.80 Å². The topological polar surface area (TPSA) is 39.1 Å². The molecule has 0 aliphatic carbocycles. The third kappa shape index (κ3) is 5.15. The Bertz CT molecular complexity index is 1370. The van der Waals surface area contributed by atoms with Crippen LogP contribution in [0.25, 0.3) is 0 Å². The third-order valence-corrected chi connectivity index (χ3v) is 9.22. The molecule has 1 saturated heterocycles. The largest absolute Gasteiger partial charge is 0.372 e. The average molecular weight is 529 g/mol. The summed E-state index contributed by atoms with van der Waals surface area (Å²) in [6.07, 6.45) is 0.776. The zero-order valence-electron chi connectivity index (χ0n) is 21.8. The number of anilines is 2. The van der Waals surface area contributed by atoms with Gasteiger partial charge in [0.25, 0.3) is 5.91 Å². The maximum absolute atomic E-state index is 13.8. The molecule has 7 heteroatoms. The summed E-state index contributed by atoms with van der Waals surface area (Å²) in [6.45, 7) is 8.95. The number of amidine groups is 1. The van der Waals surface area contributed by atoms with Crippen LogP contribution in [0.15, 0.2) is 92.6 Å². The second kappa shape index (κ2) is 11.1. The first-order valence-electron chi connectivity index (χ1n) is 12.7. The maximum atomic E-state index is 13.8. The average Bonchev–Trinajstić information content (AvgIpc) is 3.41. The number of aliphatic imine (C=N–C) groups is 1. The van der Waals surface area contributed by atoms with Gasteiger partial charge in [-0.25, -0.2) is 4.99 Å². The molecule has 1 amide bonds. The van der Waals surface area contributed by atoms with Crippen LogP contribution in [0.2, 0.25) is 0 Å². The van der Waals surface area contributed by atoms with Gasteiger partial charge in [0.05, 0.1) is 16.4 Å². The van der Waals surface area contributed by atoms with Crippen molar-refractivity contribution in [2.45, 2.75) is 32.1 Å². The highest BCUT2D eigenvalue weighted by atomic mass is 32.2. The van der Waals surface area contributed by atoms with E-state index in [-0.39, 0.29) is 5.91 Å². The van der Waals surface area contributed by atoms with Crippen molar-refractivity contribution in [1.29, 1.82) is 0 Å². The Morgan fingerprint density at radius 1 is 0.919 bits per heavy atom. The lowest BCUT2D eigenvalue weighted by Gasteiger charge is -2.22. The molecule has 0 bridgehead atoms. The Balaban J connectivity index is 1.50. The number of aryl methyl sites for hydroxylation is 1. The summed E-state index contributed by atoms with van der Waals surface area (Å²) in [5.41, 5.74) is 5.55. The van der Waals surface area contributed by atoms with Gasteiger partial charge in [0.15, 0.2) is 5.17 Å². The Morgan fingerprint density at radius 2 is 1.65 bits per heavy atom. The molecule has 37 heavy (non-hydrogen) atoms. The summed E-state index contributed by atoms with van der Waals surface area (Å²) in [5, 5.41) is 1.71. The first-order chi connectivity index (χ1) is 18.0. The fraction of sp³-hybridized carbons (Fsp3) is 0.267. The quantitative estimate of drug-likeness (QED) is 0.307. The van der Waals surface area contributed by atoms with Crippen molar-refractivity contribution in [3.8, 4) is 0 Å². The van der Waals surface area contributed by atoms with Crippen LogP contribution in [0.4, 0.5) is 17.1 Å². The van der Waals surface area contributed by atoms with Crippen molar-refractivity contribution in [2.75, 3.05) is 36.5 Å². The van der Waals surface area contributed by atoms with E-state index in [1.807, 2.05) is 42.3 Å². The number of thioether (sulfide) groups is 2. The molecule has 1 fully saturated rings. The summed E-state index contributed by atoms with van der Waals surface area (Å²) in [4.78, 5) is 27.1. The minimum absolute atomic E-state index is 0.0271. The molecule has 5 rings (SSSR count). The van der Waals surface area contributed by atoms with Crippen molar-refractivity contribution in [1.82, 2.24) is 4.90 Å². The fourth-order valence-corrected chi connectivity index (χ4v) is 7.02. The number of fused-ring (bicyclic) bond motifs is 1. The molecule has 0 N–H and O–H groups in total. The monoisotopic (exact) mass is 528 g/mol. The summed E-state index contributed by atoms with van der Waals surface area (Å²) < 4.78 is 0. The highest BCUT2D eigenvalue weighted by molar-refractivity contribution is 8.19. The molecule has 0 radical (unpaired) electrons. The van der Waals surface area contributed by atoms with Gasteiger partial charge >= 0.3 is 0 Å². The number of rotatable bonds is 7. The summed E-state index contributed by atoms with van der Waals surface area (Å²) in [5.74, 6) is 0.0271. The first kappa shape index (κ1) is 25.5. The summed E-state index contributed by atoms with van der Waals surface area (Å²) in [7, 11) is 2.04. The number of hydrogen-bond donors (Lipinski definition) is 0. The van der Waals surface area contributed by atoms with E-state index in [9.17, 15) is 4.79 Å². The van der Waals surface area contributed by atoms with Crippen LogP contribution in [0.5, 0.6) is 0 Å². The van der Waals surface area contributed by atoms with Gasteiger partial charge in [0.2, 0.25) is 0 Å². The van der Waals surface area contributed by atoms with Crippen molar-refractivity contribution >= 4 is 51.7 Å². The number of carbonyl (C=O) groups excluding carboxylic acids is 1. The van der Waals surface area contributed by atoms with Gasteiger partial charge in [-0.1, -0.05) is 54.2 Å². The van der Waals surface area contributed by atoms with Gasteiger partial charge in [-0.15, -0.1) is 0 Å². The first-order valence-corrected chi connectivity index (χ1v) is 14.4. The standard InChI is InChI=1S/C30H32N4OS2/c1-5-33(6-2)23-16-17-24(21(3)20-23)31-30-34(19-18-22-12-8-7-9-13-22)28(35)27(37-30)29-32(4)25-14-10-11-15-26(25)36-29/h7-17,20H,5-6,18-19H2,1-4H3. The highest BCUT2D eigenvalue weighted by Gasteiger charge is 2.39. The van der Waals surface area contributed by atoms with E-state index >= 15 is 0 Å². The smallest absolute Gasteiger partial charge is 0.269 e. The minimum atomic E-state index is 0.0271. The Kier molecular flexibility index (Phi) is 7.63. The molecule has 0 atom stereocenters. The lowest BCUT2D eigenvalue weighted by molar-refractivity contribution is -0.122. The molecular weight excluding hydrogens is 496 g/mol. The molecular formula is C30H32N4OS2. The molecule has 0 aromatic heterocycles. The molecule has 2 aliphatic heterocycles. The van der Waals surface area contributed by atoms with E-state index in [0.29, 0.717) is 6.54 Å². The Labute approximate surface area is 228 Å². The number of amides is 1.